The van der Waals surface area contributed by atoms with Gasteiger partial charge >= 0.3 is 6.18 Å². The average Bonchev–Trinajstić information content (AvgIpc) is 3.54. The first-order valence-electron chi connectivity index (χ1n) is 12.5. The van der Waals surface area contributed by atoms with Crippen LogP contribution in [-0.2, 0) is 17.5 Å². The highest BCUT2D eigenvalue weighted by Gasteiger charge is 2.36. The molecule has 2 unspecified atom stereocenters. The van der Waals surface area contributed by atoms with Crippen LogP contribution < -0.4 is 15.4 Å². The van der Waals surface area contributed by atoms with Crippen molar-refractivity contribution in [2.45, 2.75) is 44.4 Å². The molecule has 0 saturated carbocycles. The van der Waals surface area contributed by atoms with Gasteiger partial charge in [0.15, 0.2) is 0 Å². The summed E-state index contributed by atoms with van der Waals surface area (Å²) in [7, 11) is 0. The molecule has 10 heteroatoms. The second-order valence-electron chi connectivity index (χ2n) is 9.70. The van der Waals surface area contributed by atoms with Gasteiger partial charge in [-0.15, -0.1) is 0 Å². The molecule has 0 radical (unpaired) electrons. The molecule has 0 bridgehead atoms. The molecule has 0 amide bonds. The van der Waals surface area contributed by atoms with Gasteiger partial charge in [0.1, 0.15) is 23.7 Å². The largest absolute Gasteiger partial charge is 0.493 e. The molecule has 2 aromatic rings. The normalized spacial score (nSPS) is 22.4. The standard InChI is InChI=1S/C26H30F3N5O2/c27-26(28,29)21-13-19(1-2-22(21)36-12-7-17-3-8-31-9-4-17)24-20-5-10-34(15-18-6-11-35-16-18)25(20)33-23(14-30)32-24/h1-2,5,10,13,17-18,24,31H,3-4,6-9,11-12,15-16H2,(H,32,33). The van der Waals surface area contributed by atoms with Crippen LogP contribution in [0.25, 0.3) is 0 Å². The summed E-state index contributed by atoms with van der Waals surface area (Å²) in [5, 5.41) is 15.9. The van der Waals surface area contributed by atoms with Gasteiger partial charge in [-0.05, 0) is 68.5 Å². The maximum atomic E-state index is 14.0. The SMILES string of the molecule is N#CC1=NC(c2ccc(OCCC3CCNCC3)c(C(F)(F)F)c2)c2ccn(CC3CCOC3)c2N1. The van der Waals surface area contributed by atoms with Crippen LogP contribution in [0.2, 0.25) is 0 Å². The van der Waals surface area contributed by atoms with Crippen LogP contribution in [0.5, 0.6) is 5.75 Å². The van der Waals surface area contributed by atoms with E-state index < -0.39 is 17.8 Å². The highest BCUT2D eigenvalue weighted by Crippen LogP contribution is 2.42. The number of rotatable bonds is 7. The number of hydrogen-bond acceptors (Lipinski definition) is 6. The quantitative estimate of drug-likeness (QED) is 0.572. The fourth-order valence-corrected chi connectivity index (χ4v) is 5.24. The van der Waals surface area contributed by atoms with Gasteiger partial charge in [0.25, 0.3) is 0 Å². The third-order valence-electron chi connectivity index (χ3n) is 7.24. The lowest BCUT2D eigenvalue weighted by Crippen LogP contribution is -2.28. The van der Waals surface area contributed by atoms with Crippen LogP contribution in [0.15, 0.2) is 35.5 Å². The predicted octanol–water partition coefficient (Wildman–Crippen LogP) is 4.75. The minimum Gasteiger partial charge on any atom is -0.493 e. The Kier molecular flexibility index (Phi) is 7.21. The number of nitriles is 1. The Morgan fingerprint density at radius 1 is 1.17 bits per heavy atom. The zero-order valence-electron chi connectivity index (χ0n) is 20.0. The number of benzene rings is 1. The summed E-state index contributed by atoms with van der Waals surface area (Å²) in [5.74, 6) is 1.41. The van der Waals surface area contributed by atoms with Crippen molar-refractivity contribution in [3.8, 4) is 11.8 Å². The van der Waals surface area contributed by atoms with Gasteiger partial charge in [-0.3, -0.25) is 0 Å². The average molecular weight is 502 g/mol. The fourth-order valence-electron chi connectivity index (χ4n) is 5.24. The molecule has 2 atom stereocenters. The molecule has 5 rings (SSSR count). The lowest BCUT2D eigenvalue weighted by atomic mass is 9.95. The van der Waals surface area contributed by atoms with Crippen LogP contribution in [0.4, 0.5) is 19.0 Å². The third kappa shape index (κ3) is 5.37. The number of alkyl halides is 3. The van der Waals surface area contributed by atoms with Crippen molar-refractivity contribution >= 4 is 11.7 Å². The van der Waals surface area contributed by atoms with E-state index in [1.165, 1.54) is 6.07 Å². The number of hydrogen-bond donors (Lipinski definition) is 2. The molecule has 2 N–H and O–H groups in total. The molecular formula is C26H30F3N5O2. The van der Waals surface area contributed by atoms with E-state index in [1.54, 1.807) is 6.07 Å². The van der Waals surface area contributed by atoms with E-state index in [0.29, 0.717) is 36.4 Å². The lowest BCUT2D eigenvalue weighted by Gasteiger charge is -2.25. The highest BCUT2D eigenvalue weighted by atomic mass is 19.4. The first kappa shape index (κ1) is 24.7. The Morgan fingerprint density at radius 3 is 2.72 bits per heavy atom. The Labute approximate surface area is 208 Å². The molecule has 3 aliphatic heterocycles. The number of halogens is 3. The van der Waals surface area contributed by atoms with Gasteiger partial charge in [-0.2, -0.15) is 18.4 Å². The van der Waals surface area contributed by atoms with Crippen LogP contribution in [-0.4, -0.2) is 43.3 Å². The summed E-state index contributed by atoms with van der Waals surface area (Å²) in [6.45, 7) is 4.21. The number of fused-ring (bicyclic) bond motifs is 1. The van der Waals surface area contributed by atoms with Crippen molar-refractivity contribution in [3.63, 3.8) is 0 Å². The highest BCUT2D eigenvalue weighted by molar-refractivity contribution is 6.08. The van der Waals surface area contributed by atoms with Crippen molar-refractivity contribution in [2.75, 3.05) is 38.2 Å². The second kappa shape index (κ2) is 10.5. The van der Waals surface area contributed by atoms with E-state index in [9.17, 15) is 18.4 Å². The number of ether oxygens (including phenoxy) is 2. The van der Waals surface area contributed by atoms with Gasteiger partial charge in [0.05, 0.1) is 18.8 Å². The number of piperidine rings is 1. The van der Waals surface area contributed by atoms with E-state index in [2.05, 4.69) is 15.6 Å². The van der Waals surface area contributed by atoms with Crippen LogP contribution in [0, 0.1) is 23.2 Å². The van der Waals surface area contributed by atoms with E-state index in [0.717, 1.165) is 57.0 Å². The van der Waals surface area contributed by atoms with E-state index in [4.69, 9.17) is 9.47 Å². The van der Waals surface area contributed by atoms with Crippen molar-refractivity contribution in [1.29, 1.82) is 5.26 Å². The first-order valence-corrected chi connectivity index (χ1v) is 12.5. The van der Waals surface area contributed by atoms with Crippen LogP contribution in [0.3, 0.4) is 0 Å². The molecule has 0 aliphatic carbocycles. The molecule has 4 heterocycles. The van der Waals surface area contributed by atoms with Crippen molar-refractivity contribution in [1.82, 2.24) is 9.88 Å². The van der Waals surface area contributed by atoms with Crippen molar-refractivity contribution in [3.05, 3.63) is 47.2 Å². The summed E-state index contributed by atoms with van der Waals surface area (Å²) in [6, 6.07) is 7.28. The molecule has 2 fully saturated rings. The molecule has 0 spiro atoms. The Hall–Kier alpha value is -3.03. The minimum atomic E-state index is -4.58. The Bertz CT molecular complexity index is 1140. The first-order chi connectivity index (χ1) is 17.4. The summed E-state index contributed by atoms with van der Waals surface area (Å²) in [4.78, 5) is 4.43. The predicted molar refractivity (Wildman–Crippen MR) is 129 cm³/mol. The molecule has 1 aromatic carbocycles. The number of aromatic nitrogens is 1. The van der Waals surface area contributed by atoms with E-state index in [1.807, 2.05) is 22.9 Å². The number of nitrogens with one attached hydrogen (secondary N) is 2. The van der Waals surface area contributed by atoms with Gasteiger partial charge in [0.2, 0.25) is 5.84 Å². The maximum absolute atomic E-state index is 14.0. The van der Waals surface area contributed by atoms with E-state index in [-0.39, 0.29) is 18.2 Å². The number of nitrogens with zero attached hydrogens (tertiary/aromatic N) is 3. The van der Waals surface area contributed by atoms with Gasteiger partial charge in [-0.25, -0.2) is 4.99 Å². The van der Waals surface area contributed by atoms with Crippen molar-refractivity contribution < 1.29 is 22.6 Å². The summed E-state index contributed by atoms with van der Waals surface area (Å²) in [5.41, 5.74) is 0.285. The van der Waals surface area contributed by atoms with Gasteiger partial charge in [0, 0.05) is 30.8 Å². The minimum absolute atomic E-state index is 0.0750. The molecule has 3 aliphatic rings. The zero-order chi connectivity index (χ0) is 25.1. The van der Waals surface area contributed by atoms with Crippen LogP contribution >= 0.6 is 0 Å². The molecule has 192 valence electrons. The van der Waals surface area contributed by atoms with E-state index >= 15 is 0 Å². The van der Waals surface area contributed by atoms with Crippen molar-refractivity contribution in [2.24, 2.45) is 16.8 Å². The molecule has 36 heavy (non-hydrogen) atoms. The number of aliphatic imine (C=N–C) groups is 1. The number of amidine groups is 1. The van der Waals surface area contributed by atoms with Crippen LogP contribution in [0.1, 0.15) is 48.4 Å². The Morgan fingerprint density at radius 2 is 2.00 bits per heavy atom. The molecular weight excluding hydrogens is 471 g/mol. The molecule has 2 saturated heterocycles. The maximum Gasteiger partial charge on any atom is 0.419 e. The number of anilines is 1. The fraction of sp³-hybridized carbons (Fsp3) is 0.538. The lowest BCUT2D eigenvalue weighted by molar-refractivity contribution is -0.139. The second-order valence-corrected chi connectivity index (χ2v) is 9.70. The third-order valence-corrected chi connectivity index (χ3v) is 7.24. The summed E-state index contributed by atoms with van der Waals surface area (Å²) < 4.78 is 55.2. The zero-order valence-corrected chi connectivity index (χ0v) is 20.0. The van der Waals surface area contributed by atoms with Gasteiger partial charge in [-0.1, -0.05) is 6.07 Å². The summed E-state index contributed by atoms with van der Waals surface area (Å²) >= 11 is 0. The summed E-state index contributed by atoms with van der Waals surface area (Å²) in [6.07, 6.45) is 1.02. The monoisotopic (exact) mass is 501 g/mol. The smallest absolute Gasteiger partial charge is 0.419 e. The topological polar surface area (TPSA) is 83.6 Å². The van der Waals surface area contributed by atoms with Gasteiger partial charge < -0.3 is 24.7 Å². The Balaban J connectivity index is 1.40. The molecule has 1 aromatic heterocycles. The molecule has 7 nitrogen and oxygen atoms in total.